The van der Waals surface area contributed by atoms with Gasteiger partial charge in [0.1, 0.15) is 0 Å². The van der Waals surface area contributed by atoms with Gasteiger partial charge in [0.05, 0.1) is 11.8 Å². The number of nitrogens with one attached hydrogen (secondary N) is 2. The fourth-order valence-corrected chi connectivity index (χ4v) is 2.92. The highest BCUT2D eigenvalue weighted by atomic mass is 32.2. The van der Waals surface area contributed by atoms with E-state index >= 15 is 0 Å². The molecule has 1 unspecified atom stereocenters. The first-order valence-corrected chi connectivity index (χ1v) is 7.91. The van der Waals surface area contributed by atoms with Crippen molar-refractivity contribution in [2.75, 3.05) is 6.54 Å². The molecule has 0 saturated carbocycles. The third-order valence-electron chi connectivity index (χ3n) is 2.50. The van der Waals surface area contributed by atoms with Crippen LogP contribution in [0.1, 0.15) is 25.8 Å². The highest BCUT2D eigenvalue weighted by molar-refractivity contribution is 7.88. The van der Waals surface area contributed by atoms with Crippen LogP contribution in [-0.2, 0) is 20.6 Å². The topological polar surface area (TPSA) is 75.3 Å². The summed E-state index contributed by atoms with van der Waals surface area (Å²) in [6, 6.07) is 8.09. The first kappa shape index (κ1) is 15.7. The molecule has 0 bridgehead atoms. The first-order valence-electron chi connectivity index (χ1n) is 6.26. The van der Waals surface area contributed by atoms with Crippen molar-refractivity contribution in [2.24, 2.45) is 0 Å². The predicted molar refractivity (Wildman–Crippen MR) is 75.0 cm³/mol. The largest absolute Gasteiger partial charge is 0.355 e. The number of rotatable bonds is 7. The Balaban J connectivity index is 2.57. The average molecular weight is 284 g/mol. The second kappa shape index (κ2) is 7.25. The van der Waals surface area contributed by atoms with Gasteiger partial charge in [-0.2, -0.15) is 0 Å². The molecule has 106 valence electrons. The number of benzene rings is 1. The molecule has 0 aromatic heterocycles. The van der Waals surface area contributed by atoms with Crippen molar-refractivity contribution in [3.63, 3.8) is 0 Å². The highest BCUT2D eigenvalue weighted by Crippen LogP contribution is 2.04. The molecule has 5 nitrogen and oxygen atoms in total. The smallest absolute Gasteiger partial charge is 0.237 e. The number of carbonyl (C=O) groups is 1. The number of hydrogen-bond donors (Lipinski definition) is 2. The minimum absolute atomic E-state index is 0.126. The molecule has 19 heavy (non-hydrogen) atoms. The van der Waals surface area contributed by atoms with Gasteiger partial charge in [-0.15, -0.1) is 0 Å². The molecule has 0 saturated heterocycles. The van der Waals surface area contributed by atoms with E-state index in [-0.39, 0.29) is 11.7 Å². The Morgan fingerprint density at radius 2 is 1.89 bits per heavy atom. The van der Waals surface area contributed by atoms with E-state index in [0.717, 1.165) is 6.42 Å². The second-order valence-electron chi connectivity index (χ2n) is 4.38. The van der Waals surface area contributed by atoms with Gasteiger partial charge in [-0.3, -0.25) is 4.79 Å². The van der Waals surface area contributed by atoms with Crippen LogP contribution in [0, 0.1) is 0 Å². The number of carbonyl (C=O) groups excluding carboxylic acids is 1. The van der Waals surface area contributed by atoms with Crippen molar-refractivity contribution >= 4 is 15.9 Å². The lowest BCUT2D eigenvalue weighted by molar-refractivity contribution is -0.122. The summed E-state index contributed by atoms with van der Waals surface area (Å²) < 4.78 is 26.2. The first-order chi connectivity index (χ1) is 8.94. The van der Waals surface area contributed by atoms with E-state index in [1.54, 1.807) is 24.3 Å². The molecule has 1 amide bonds. The Morgan fingerprint density at radius 3 is 2.47 bits per heavy atom. The molecule has 6 heteroatoms. The quantitative estimate of drug-likeness (QED) is 0.785. The Bertz CT molecular complexity index is 500. The fourth-order valence-electron chi connectivity index (χ4n) is 1.56. The fraction of sp³-hybridized carbons (Fsp3) is 0.462. The monoisotopic (exact) mass is 284 g/mol. The van der Waals surface area contributed by atoms with Crippen molar-refractivity contribution in [3.05, 3.63) is 35.9 Å². The lowest BCUT2D eigenvalue weighted by Crippen LogP contribution is -2.45. The highest BCUT2D eigenvalue weighted by Gasteiger charge is 2.20. The van der Waals surface area contributed by atoms with E-state index in [0.29, 0.717) is 12.1 Å². The van der Waals surface area contributed by atoms with Crippen LogP contribution in [0.4, 0.5) is 0 Å². The summed E-state index contributed by atoms with van der Waals surface area (Å²) in [6.45, 7) is 4.02. The van der Waals surface area contributed by atoms with Crippen molar-refractivity contribution in [1.29, 1.82) is 0 Å². The molecular formula is C13H20N2O3S. The van der Waals surface area contributed by atoms with Gasteiger partial charge in [-0.25, -0.2) is 13.1 Å². The van der Waals surface area contributed by atoms with Gasteiger partial charge in [0, 0.05) is 6.54 Å². The van der Waals surface area contributed by atoms with E-state index in [1.165, 1.54) is 6.92 Å². The maximum absolute atomic E-state index is 11.9. The van der Waals surface area contributed by atoms with Crippen LogP contribution in [0.5, 0.6) is 0 Å². The van der Waals surface area contributed by atoms with Crippen LogP contribution < -0.4 is 10.0 Å². The molecule has 0 fully saturated rings. The Labute approximate surface area is 114 Å². The molecule has 0 radical (unpaired) electrons. The van der Waals surface area contributed by atoms with Gasteiger partial charge in [-0.05, 0) is 18.9 Å². The zero-order valence-corrected chi connectivity index (χ0v) is 12.0. The van der Waals surface area contributed by atoms with Crippen LogP contribution in [0.15, 0.2) is 30.3 Å². The standard InChI is InChI=1S/C13H20N2O3S/c1-3-9-14-13(16)11(2)15-19(17,18)10-12-7-5-4-6-8-12/h4-8,11,15H,3,9-10H2,1-2H3,(H,14,16). The normalized spacial score (nSPS) is 12.9. The van der Waals surface area contributed by atoms with E-state index in [2.05, 4.69) is 10.0 Å². The third-order valence-corrected chi connectivity index (χ3v) is 3.92. The van der Waals surface area contributed by atoms with E-state index in [4.69, 9.17) is 0 Å². The summed E-state index contributed by atoms with van der Waals surface area (Å²) in [5.41, 5.74) is 0.691. The van der Waals surface area contributed by atoms with E-state index in [1.807, 2.05) is 13.0 Å². The van der Waals surface area contributed by atoms with Gasteiger partial charge < -0.3 is 5.32 Å². The van der Waals surface area contributed by atoms with E-state index < -0.39 is 16.1 Å². The van der Waals surface area contributed by atoms with Crippen LogP contribution in [0.2, 0.25) is 0 Å². The minimum atomic E-state index is -3.51. The van der Waals surface area contributed by atoms with Crippen LogP contribution in [0.3, 0.4) is 0 Å². The summed E-state index contributed by atoms with van der Waals surface area (Å²) >= 11 is 0. The lowest BCUT2D eigenvalue weighted by atomic mass is 10.2. The maximum Gasteiger partial charge on any atom is 0.237 e. The average Bonchev–Trinajstić information content (AvgIpc) is 2.35. The summed E-state index contributed by atoms with van der Waals surface area (Å²) in [6.07, 6.45) is 0.815. The molecule has 0 aliphatic rings. The van der Waals surface area contributed by atoms with Gasteiger partial charge in [0.2, 0.25) is 15.9 Å². The lowest BCUT2D eigenvalue weighted by Gasteiger charge is -2.14. The molecule has 0 aliphatic carbocycles. The van der Waals surface area contributed by atoms with Gasteiger partial charge in [-0.1, -0.05) is 37.3 Å². The van der Waals surface area contributed by atoms with Crippen LogP contribution in [0.25, 0.3) is 0 Å². The zero-order chi connectivity index (χ0) is 14.3. The Morgan fingerprint density at radius 1 is 1.26 bits per heavy atom. The predicted octanol–water partition coefficient (Wildman–Crippen LogP) is 1.02. The molecule has 1 rings (SSSR count). The Hall–Kier alpha value is -1.40. The zero-order valence-electron chi connectivity index (χ0n) is 11.2. The third kappa shape index (κ3) is 5.85. The maximum atomic E-state index is 11.9. The van der Waals surface area contributed by atoms with Crippen molar-refractivity contribution < 1.29 is 13.2 Å². The molecule has 2 N–H and O–H groups in total. The van der Waals surface area contributed by atoms with Crippen molar-refractivity contribution in [3.8, 4) is 0 Å². The molecule has 1 atom stereocenters. The van der Waals surface area contributed by atoms with Crippen LogP contribution in [-0.4, -0.2) is 26.9 Å². The minimum Gasteiger partial charge on any atom is -0.355 e. The molecule has 0 heterocycles. The van der Waals surface area contributed by atoms with Crippen molar-refractivity contribution in [2.45, 2.75) is 32.1 Å². The van der Waals surface area contributed by atoms with Crippen molar-refractivity contribution in [1.82, 2.24) is 10.0 Å². The molecule has 0 spiro atoms. The summed E-state index contributed by atoms with van der Waals surface area (Å²) in [4.78, 5) is 11.6. The molecule has 1 aromatic rings. The van der Waals surface area contributed by atoms with Gasteiger partial charge >= 0.3 is 0 Å². The number of amides is 1. The summed E-state index contributed by atoms with van der Waals surface area (Å²) in [5, 5.41) is 2.65. The SMILES string of the molecule is CCCNC(=O)C(C)NS(=O)(=O)Cc1ccccc1. The summed E-state index contributed by atoms with van der Waals surface area (Å²) in [7, 11) is -3.51. The van der Waals surface area contributed by atoms with Gasteiger partial charge in [0.15, 0.2) is 0 Å². The number of hydrogen-bond acceptors (Lipinski definition) is 3. The molecule has 1 aromatic carbocycles. The van der Waals surface area contributed by atoms with E-state index in [9.17, 15) is 13.2 Å². The second-order valence-corrected chi connectivity index (χ2v) is 6.13. The Kier molecular flexibility index (Phi) is 5.98. The molecule has 0 aliphatic heterocycles. The molecular weight excluding hydrogens is 264 g/mol. The number of sulfonamides is 1. The van der Waals surface area contributed by atoms with Crippen LogP contribution >= 0.6 is 0 Å². The van der Waals surface area contributed by atoms with Gasteiger partial charge in [0.25, 0.3) is 0 Å². The summed E-state index contributed by atoms with van der Waals surface area (Å²) in [5.74, 6) is -0.433.